The molecule has 2 aromatic rings. The second-order valence-corrected chi connectivity index (χ2v) is 6.78. The molecule has 0 aliphatic carbocycles. The van der Waals surface area contributed by atoms with Crippen LogP contribution in [0.2, 0.25) is 10.0 Å². The Labute approximate surface area is 162 Å². The minimum Gasteiger partial charge on any atom is -0.378 e. The Balaban J connectivity index is 1.64. The second kappa shape index (κ2) is 8.54. The summed E-state index contributed by atoms with van der Waals surface area (Å²) in [6.45, 7) is 5.32. The van der Waals surface area contributed by atoms with Gasteiger partial charge in [-0.2, -0.15) is 5.10 Å². The lowest BCUT2D eigenvalue weighted by atomic mass is 10.1. The maximum atomic E-state index is 12.1. The van der Waals surface area contributed by atoms with Gasteiger partial charge < -0.3 is 9.64 Å². The van der Waals surface area contributed by atoms with Gasteiger partial charge in [-0.15, -0.1) is 0 Å². The first kappa shape index (κ1) is 18.7. The zero-order valence-corrected chi connectivity index (χ0v) is 15.8. The fourth-order valence-electron chi connectivity index (χ4n) is 2.69. The van der Waals surface area contributed by atoms with E-state index in [4.69, 9.17) is 27.9 Å². The third-order valence-electron chi connectivity index (χ3n) is 4.18. The second-order valence-electron chi connectivity index (χ2n) is 5.97. The molecule has 2 aromatic carbocycles. The highest BCUT2D eigenvalue weighted by Crippen LogP contribution is 2.22. The molecule has 1 saturated heterocycles. The molecule has 1 N–H and O–H groups in total. The summed E-state index contributed by atoms with van der Waals surface area (Å²) in [5.74, 6) is -0.345. The van der Waals surface area contributed by atoms with E-state index >= 15 is 0 Å². The average molecular weight is 392 g/mol. The van der Waals surface area contributed by atoms with Crippen molar-refractivity contribution in [2.75, 3.05) is 31.2 Å². The Morgan fingerprint density at radius 1 is 1.15 bits per heavy atom. The summed E-state index contributed by atoms with van der Waals surface area (Å²) in [6, 6.07) is 10.9. The van der Waals surface area contributed by atoms with Crippen molar-refractivity contribution in [3.05, 3.63) is 63.1 Å². The smallest absolute Gasteiger partial charge is 0.271 e. The van der Waals surface area contributed by atoms with Crippen molar-refractivity contribution in [2.45, 2.75) is 6.92 Å². The molecule has 0 atom stereocenters. The summed E-state index contributed by atoms with van der Waals surface area (Å²) in [5.41, 5.74) is 6.10. The summed E-state index contributed by atoms with van der Waals surface area (Å²) in [6.07, 6.45) is 1.63. The van der Waals surface area contributed by atoms with Gasteiger partial charge >= 0.3 is 0 Å². The quantitative estimate of drug-likeness (QED) is 0.634. The number of nitrogens with one attached hydrogen (secondary N) is 1. The molecule has 0 unspecified atom stereocenters. The number of hydrogen-bond acceptors (Lipinski definition) is 4. The number of morpholine rings is 1. The molecule has 1 fully saturated rings. The summed E-state index contributed by atoms with van der Waals surface area (Å²) in [7, 11) is 0. The van der Waals surface area contributed by atoms with Crippen LogP contribution in [0.4, 0.5) is 5.69 Å². The lowest BCUT2D eigenvalue weighted by Gasteiger charge is -2.29. The van der Waals surface area contributed by atoms with E-state index in [0.29, 0.717) is 15.6 Å². The monoisotopic (exact) mass is 391 g/mol. The van der Waals surface area contributed by atoms with Crippen LogP contribution >= 0.6 is 23.2 Å². The van der Waals surface area contributed by atoms with Crippen molar-refractivity contribution in [1.82, 2.24) is 5.43 Å². The summed E-state index contributed by atoms with van der Waals surface area (Å²) >= 11 is 11.8. The predicted octanol–water partition coefficient (Wildman–Crippen LogP) is 3.90. The number of amides is 1. The molecule has 3 rings (SSSR count). The van der Waals surface area contributed by atoms with E-state index in [1.165, 1.54) is 11.8 Å². The molecular weight excluding hydrogens is 373 g/mol. The van der Waals surface area contributed by atoms with E-state index in [1.54, 1.807) is 18.3 Å². The lowest BCUT2D eigenvalue weighted by molar-refractivity contribution is 0.0955. The first-order valence-corrected chi connectivity index (χ1v) is 9.02. The van der Waals surface area contributed by atoms with Crippen LogP contribution in [0.25, 0.3) is 0 Å². The van der Waals surface area contributed by atoms with Gasteiger partial charge in [0.05, 0.1) is 29.5 Å². The molecule has 26 heavy (non-hydrogen) atoms. The number of ether oxygens (including phenoxy) is 1. The molecule has 0 radical (unpaired) electrons. The Morgan fingerprint density at radius 3 is 2.62 bits per heavy atom. The lowest BCUT2D eigenvalue weighted by Crippen LogP contribution is -2.36. The molecule has 1 heterocycles. The number of carbonyl (C=O) groups is 1. The van der Waals surface area contributed by atoms with Gasteiger partial charge in [-0.1, -0.05) is 29.3 Å². The number of hydrazone groups is 1. The van der Waals surface area contributed by atoms with Crippen LogP contribution in [-0.2, 0) is 4.74 Å². The molecule has 0 spiro atoms. The van der Waals surface area contributed by atoms with Crippen LogP contribution in [0.15, 0.2) is 41.5 Å². The molecule has 0 aromatic heterocycles. The number of carbonyl (C=O) groups excluding carboxylic acids is 1. The zero-order chi connectivity index (χ0) is 18.5. The number of aryl methyl sites for hydroxylation is 1. The van der Waals surface area contributed by atoms with E-state index in [2.05, 4.69) is 27.6 Å². The van der Waals surface area contributed by atoms with Crippen LogP contribution in [-0.4, -0.2) is 38.4 Å². The van der Waals surface area contributed by atoms with Gasteiger partial charge in [0.1, 0.15) is 0 Å². The van der Waals surface area contributed by atoms with E-state index in [9.17, 15) is 4.79 Å². The van der Waals surface area contributed by atoms with E-state index < -0.39 is 0 Å². The minimum atomic E-state index is -0.345. The number of benzene rings is 2. The van der Waals surface area contributed by atoms with Crippen LogP contribution in [0.3, 0.4) is 0 Å². The number of rotatable bonds is 4. The van der Waals surface area contributed by atoms with Gasteiger partial charge in [-0.25, -0.2) is 5.43 Å². The van der Waals surface area contributed by atoms with Crippen LogP contribution < -0.4 is 10.3 Å². The molecule has 0 saturated carbocycles. The van der Waals surface area contributed by atoms with Crippen molar-refractivity contribution in [1.29, 1.82) is 0 Å². The van der Waals surface area contributed by atoms with Crippen molar-refractivity contribution in [3.63, 3.8) is 0 Å². The Hall–Kier alpha value is -2.08. The van der Waals surface area contributed by atoms with Crippen molar-refractivity contribution >= 4 is 41.0 Å². The van der Waals surface area contributed by atoms with Gasteiger partial charge in [-0.3, -0.25) is 4.79 Å². The van der Waals surface area contributed by atoms with Gasteiger partial charge in [0, 0.05) is 24.3 Å². The van der Waals surface area contributed by atoms with Gasteiger partial charge in [-0.05, 0) is 48.4 Å². The topological polar surface area (TPSA) is 53.9 Å². The Bertz CT molecular complexity index is 834. The summed E-state index contributed by atoms with van der Waals surface area (Å²) in [4.78, 5) is 14.4. The molecular formula is C19H19Cl2N3O2. The highest BCUT2D eigenvalue weighted by Gasteiger charge is 2.12. The molecule has 1 aliphatic heterocycles. The first-order chi connectivity index (χ1) is 12.5. The summed E-state index contributed by atoms with van der Waals surface area (Å²) < 4.78 is 5.38. The molecule has 7 heteroatoms. The number of nitrogens with zero attached hydrogens (tertiary/aromatic N) is 2. The average Bonchev–Trinajstić information content (AvgIpc) is 2.66. The van der Waals surface area contributed by atoms with E-state index in [-0.39, 0.29) is 5.91 Å². The summed E-state index contributed by atoms with van der Waals surface area (Å²) in [5, 5.41) is 4.78. The van der Waals surface area contributed by atoms with Crippen molar-refractivity contribution in [3.8, 4) is 0 Å². The fourth-order valence-corrected chi connectivity index (χ4v) is 2.98. The zero-order valence-electron chi connectivity index (χ0n) is 14.3. The first-order valence-electron chi connectivity index (χ1n) is 8.26. The highest BCUT2D eigenvalue weighted by atomic mass is 35.5. The molecule has 5 nitrogen and oxygen atoms in total. The number of hydrogen-bond donors (Lipinski definition) is 1. The third-order valence-corrected chi connectivity index (χ3v) is 4.92. The fraction of sp³-hybridized carbons (Fsp3) is 0.263. The Morgan fingerprint density at radius 2 is 1.92 bits per heavy atom. The number of anilines is 1. The van der Waals surface area contributed by atoms with Gasteiger partial charge in [0.25, 0.3) is 5.91 Å². The van der Waals surface area contributed by atoms with Crippen molar-refractivity contribution in [2.24, 2.45) is 5.10 Å². The van der Waals surface area contributed by atoms with Crippen molar-refractivity contribution < 1.29 is 9.53 Å². The maximum absolute atomic E-state index is 12.1. The third kappa shape index (κ3) is 4.55. The molecule has 1 aliphatic rings. The minimum absolute atomic E-state index is 0.331. The van der Waals surface area contributed by atoms with Gasteiger partial charge in [0.2, 0.25) is 0 Å². The van der Waals surface area contributed by atoms with Crippen LogP contribution in [0, 0.1) is 6.92 Å². The standard InChI is InChI=1S/C19H19Cl2N3O2/c1-13-10-16(24-6-8-26-9-7-24)4-2-15(13)12-22-23-19(25)14-3-5-17(20)18(21)11-14/h2-5,10-12H,6-9H2,1H3,(H,23,25)/b22-12-. The molecule has 1 amide bonds. The normalized spacial score (nSPS) is 14.7. The van der Waals surface area contributed by atoms with E-state index in [0.717, 1.165) is 37.4 Å². The van der Waals surface area contributed by atoms with Crippen LogP contribution in [0.1, 0.15) is 21.5 Å². The maximum Gasteiger partial charge on any atom is 0.271 e. The van der Waals surface area contributed by atoms with Gasteiger partial charge in [0.15, 0.2) is 0 Å². The molecule has 0 bridgehead atoms. The molecule has 136 valence electrons. The highest BCUT2D eigenvalue weighted by molar-refractivity contribution is 6.42. The van der Waals surface area contributed by atoms with Crippen LogP contribution in [0.5, 0.6) is 0 Å². The predicted molar refractivity (Wildman–Crippen MR) is 106 cm³/mol. The van der Waals surface area contributed by atoms with E-state index in [1.807, 2.05) is 13.0 Å². The SMILES string of the molecule is Cc1cc(N2CCOCC2)ccc1/C=N\NC(=O)c1ccc(Cl)c(Cl)c1. The number of halogens is 2. The largest absolute Gasteiger partial charge is 0.378 e. The Kier molecular flexibility index (Phi) is 6.14.